The number of anilines is 1. The van der Waals surface area contributed by atoms with E-state index in [2.05, 4.69) is 15.6 Å². The smallest absolute Gasteiger partial charge is 0.319 e. The number of nitrogens with one attached hydrogen (secondary N) is 2. The molecule has 0 aliphatic rings. The van der Waals surface area contributed by atoms with E-state index in [1.165, 1.54) is 7.11 Å². The Kier molecular flexibility index (Phi) is 4.65. The van der Waals surface area contributed by atoms with Crippen LogP contribution >= 0.6 is 0 Å². The fourth-order valence-electron chi connectivity index (χ4n) is 1.58. The van der Waals surface area contributed by atoms with Gasteiger partial charge in [-0.25, -0.2) is 18.6 Å². The number of pyridine rings is 1. The molecule has 0 fully saturated rings. The lowest BCUT2D eigenvalue weighted by molar-refractivity contribution is 0.251. The van der Waals surface area contributed by atoms with Crippen LogP contribution in [0.4, 0.5) is 19.3 Å². The first-order chi connectivity index (χ1) is 10.1. The van der Waals surface area contributed by atoms with Gasteiger partial charge in [-0.3, -0.25) is 0 Å². The highest BCUT2D eigenvalue weighted by Crippen LogP contribution is 2.14. The van der Waals surface area contributed by atoms with Gasteiger partial charge in [0.2, 0.25) is 5.88 Å². The summed E-state index contributed by atoms with van der Waals surface area (Å²) in [6, 6.07) is 5.71. The summed E-state index contributed by atoms with van der Waals surface area (Å²) in [5, 5.41) is 4.83. The van der Waals surface area contributed by atoms with E-state index in [1.807, 2.05) is 0 Å². The van der Waals surface area contributed by atoms with Crippen LogP contribution in [0.3, 0.4) is 0 Å². The van der Waals surface area contributed by atoms with Crippen LogP contribution in [0.25, 0.3) is 0 Å². The summed E-state index contributed by atoms with van der Waals surface area (Å²) in [7, 11) is 1.50. The van der Waals surface area contributed by atoms with Gasteiger partial charge in [-0.05, 0) is 17.7 Å². The van der Waals surface area contributed by atoms with Gasteiger partial charge in [0, 0.05) is 24.9 Å². The quantitative estimate of drug-likeness (QED) is 0.911. The van der Waals surface area contributed by atoms with E-state index < -0.39 is 17.7 Å². The molecule has 5 nitrogen and oxygen atoms in total. The summed E-state index contributed by atoms with van der Waals surface area (Å²) in [5.41, 5.74) is 0.660. The second kappa shape index (κ2) is 6.65. The molecule has 2 aromatic rings. The maximum absolute atomic E-state index is 13.4. The number of halogens is 2. The number of hydrogen-bond donors (Lipinski definition) is 2. The second-order valence-electron chi connectivity index (χ2n) is 4.14. The van der Waals surface area contributed by atoms with Gasteiger partial charge in [-0.15, -0.1) is 0 Å². The van der Waals surface area contributed by atoms with Gasteiger partial charge in [-0.2, -0.15) is 0 Å². The Bertz CT molecular complexity index is 633. The standard InChI is InChI=1S/C14H13F2N3O2/c1-21-13-5-2-9(7-17-13)8-18-14(20)19-12-4-3-10(15)6-11(12)16/h2-7H,8H2,1H3,(H2,18,19,20). The minimum atomic E-state index is -0.837. The number of methoxy groups -OCH3 is 1. The van der Waals surface area contributed by atoms with Crippen molar-refractivity contribution in [2.45, 2.75) is 6.54 Å². The summed E-state index contributed by atoms with van der Waals surface area (Å²) in [6.07, 6.45) is 1.55. The Morgan fingerprint density at radius 1 is 1.29 bits per heavy atom. The lowest BCUT2D eigenvalue weighted by atomic mass is 10.3. The Morgan fingerprint density at radius 3 is 2.71 bits per heavy atom. The minimum absolute atomic E-state index is 0.0956. The molecule has 2 amide bonds. The molecule has 7 heteroatoms. The molecule has 21 heavy (non-hydrogen) atoms. The Labute approximate surface area is 120 Å². The number of hydrogen-bond acceptors (Lipinski definition) is 3. The monoisotopic (exact) mass is 293 g/mol. The van der Waals surface area contributed by atoms with Gasteiger partial charge in [0.25, 0.3) is 0 Å². The predicted octanol–water partition coefficient (Wildman–Crippen LogP) is 2.69. The number of benzene rings is 1. The highest BCUT2D eigenvalue weighted by Gasteiger charge is 2.07. The number of urea groups is 1. The molecule has 1 heterocycles. The number of ether oxygens (including phenoxy) is 1. The van der Waals surface area contributed by atoms with E-state index in [9.17, 15) is 13.6 Å². The van der Waals surface area contributed by atoms with Crippen molar-refractivity contribution in [3.63, 3.8) is 0 Å². The molecule has 0 spiro atoms. The van der Waals surface area contributed by atoms with Gasteiger partial charge in [0.05, 0.1) is 12.8 Å². The van der Waals surface area contributed by atoms with Gasteiger partial charge < -0.3 is 15.4 Å². The number of carbonyl (C=O) groups is 1. The first-order valence-electron chi connectivity index (χ1n) is 6.07. The molecule has 0 radical (unpaired) electrons. The van der Waals surface area contributed by atoms with Crippen LogP contribution in [0.1, 0.15) is 5.56 Å². The summed E-state index contributed by atoms with van der Waals surface area (Å²) in [4.78, 5) is 15.6. The molecule has 0 saturated heterocycles. The van der Waals surface area contributed by atoms with Crippen molar-refractivity contribution in [3.8, 4) is 5.88 Å². The number of rotatable bonds is 4. The first-order valence-corrected chi connectivity index (χ1v) is 6.07. The first kappa shape index (κ1) is 14.7. The van der Waals surface area contributed by atoms with E-state index in [1.54, 1.807) is 18.3 Å². The van der Waals surface area contributed by atoms with E-state index >= 15 is 0 Å². The van der Waals surface area contributed by atoms with E-state index in [0.717, 1.165) is 17.7 Å². The number of carbonyl (C=O) groups excluding carboxylic acids is 1. The van der Waals surface area contributed by atoms with E-state index in [4.69, 9.17) is 4.74 Å². The Balaban J connectivity index is 1.89. The van der Waals surface area contributed by atoms with Crippen molar-refractivity contribution in [1.29, 1.82) is 0 Å². The second-order valence-corrected chi connectivity index (χ2v) is 4.14. The predicted molar refractivity (Wildman–Crippen MR) is 73.0 cm³/mol. The Morgan fingerprint density at radius 2 is 2.10 bits per heavy atom. The molecule has 1 aromatic heterocycles. The van der Waals surface area contributed by atoms with Crippen LogP contribution in [0.15, 0.2) is 36.5 Å². The maximum Gasteiger partial charge on any atom is 0.319 e. The molecular formula is C14H13F2N3O2. The molecule has 0 unspecified atom stereocenters. The molecule has 0 aliphatic carbocycles. The summed E-state index contributed by atoms with van der Waals surface area (Å²) in [6.45, 7) is 0.214. The zero-order valence-corrected chi connectivity index (χ0v) is 11.2. The normalized spacial score (nSPS) is 10.0. The van der Waals surface area contributed by atoms with Gasteiger partial charge >= 0.3 is 6.03 Å². The SMILES string of the molecule is COc1ccc(CNC(=O)Nc2ccc(F)cc2F)cn1. The highest BCUT2D eigenvalue weighted by atomic mass is 19.1. The average Bonchev–Trinajstić information content (AvgIpc) is 2.48. The fourth-order valence-corrected chi connectivity index (χ4v) is 1.58. The average molecular weight is 293 g/mol. The van der Waals surface area contributed by atoms with Gasteiger partial charge in [0.1, 0.15) is 11.6 Å². The third-order valence-electron chi connectivity index (χ3n) is 2.64. The molecule has 0 saturated carbocycles. The van der Waals surface area contributed by atoms with Crippen LogP contribution in [-0.2, 0) is 6.54 Å². The van der Waals surface area contributed by atoms with Crippen molar-refractivity contribution in [2.75, 3.05) is 12.4 Å². The zero-order valence-electron chi connectivity index (χ0n) is 11.2. The number of amides is 2. The van der Waals surface area contributed by atoms with Gasteiger partial charge in [0.15, 0.2) is 0 Å². The summed E-state index contributed by atoms with van der Waals surface area (Å²) in [5.74, 6) is -1.07. The highest BCUT2D eigenvalue weighted by molar-refractivity contribution is 5.89. The lowest BCUT2D eigenvalue weighted by Gasteiger charge is -2.08. The third kappa shape index (κ3) is 4.13. The largest absolute Gasteiger partial charge is 0.481 e. The Hall–Kier alpha value is -2.70. The molecule has 2 rings (SSSR count). The van der Waals surface area contributed by atoms with Crippen LogP contribution in [0.2, 0.25) is 0 Å². The van der Waals surface area contributed by atoms with Crippen molar-refractivity contribution in [3.05, 3.63) is 53.7 Å². The molecule has 0 aliphatic heterocycles. The van der Waals surface area contributed by atoms with Crippen LogP contribution in [-0.4, -0.2) is 18.1 Å². The molecule has 0 atom stereocenters. The van der Waals surface area contributed by atoms with Crippen LogP contribution in [0, 0.1) is 11.6 Å². The van der Waals surface area contributed by atoms with Crippen LogP contribution in [0.5, 0.6) is 5.88 Å². The minimum Gasteiger partial charge on any atom is -0.481 e. The summed E-state index contributed by atoms with van der Waals surface area (Å²) < 4.78 is 31.0. The topological polar surface area (TPSA) is 63.2 Å². The van der Waals surface area contributed by atoms with Crippen molar-refractivity contribution >= 4 is 11.7 Å². The number of aromatic nitrogens is 1. The summed E-state index contributed by atoms with van der Waals surface area (Å²) >= 11 is 0. The molecule has 110 valence electrons. The van der Waals surface area contributed by atoms with Crippen LogP contribution < -0.4 is 15.4 Å². The zero-order chi connectivity index (χ0) is 15.2. The molecule has 2 N–H and O–H groups in total. The van der Waals surface area contributed by atoms with Crippen molar-refractivity contribution in [2.24, 2.45) is 0 Å². The van der Waals surface area contributed by atoms with E-state index in [0.29, 0.717) is 11.9 Å². The maximum atomic E-state index is 13.4. The number of nitrogens with zero attached hydrogens (tertiary/aromatic N) is 1. The van der Waals surface area contributed by atoms with E-state index in [-0.39, 0.29) is 12.2 Å². The fraction of sp³-hybridized carbons (Fsp3) is 0.143. The molecular weight excluding hydrogens is 280 g/mol. The van der Waals surface area contributed by atoms with Gasteiger partial charge in [-0.1, -0.05) is 6.07 Å². The van der Waals surface area contributed by atoms with Crippen molar-refractivity contribution < 1.29 is 18.3 Å². The lowest BCUT2D eigenvalue weighted by Crippen LogP contribution is -2.28. The molecule has 1 aromatic carbocycles. The third-order valence-corrected chi connectivity index (χ3v) is 2.64. The molecule has 0 bridgehead atoms. The van der Waals surface area contributed by atoms with Crippen molar-refractivity contribution in [1.82, 2.24) is 10.3 Å².